The molecule has 4 nitrogen and oxygen atoms in total. The largest absolute Gasteiger partial charge is 0.337 e. The summed E-state index contributed by atoms with van der Waals surface area (Å²) in [7, 11) is 1.89. The van der Waals surface area contributed by atoms with Crippen molar-refractivity contribution in [2.24, 2.45) is 0 Å². The fourth-order valence-electron chi connectivity index (χ4n) is 3.85. The number of nitrogens with one attached hydrogen (secondary N) is 1. The van der Waals surface area contributed by atoms with Crippen molar-refractivity contribution < 1.29 is 4.79 Å². The zero-order valence-electron chi connectivity index (χ0n) is 14.7. The molecular weight excluding hydrogens is 448 g/mol. The molecule has 0 spiro atoms. The predicted octanol–water partition coefficient (Wildman–Crippen LogP) is 5.32. The molecule has 0 aliphatic carbocycles. The van der Waals surface area contributed by atoms with Crippen molar-refractivity contribution in [3.8, 4) is 10.6 Å². The summed E-state index contributed by atoms with van der Waals surface area (Å²) in [4.78, 5) is 19.3. The zero-order chi connectivity index (χ0) is 17.6. The molecule has 2 saturated heterocycles. The van der Waals surface area contributed by atoms with E-state index >= 15 is 0 Å². The number of piperidine rings is 1. The second-order valence-corrected chi connectivity index (χ2v) is 8.54. The number of rotatable bonds is 3. The Labute approximate surface area is 185 Å². The molecule has 2 aliphatic heterocycles. The topological polar surface area (TPSA) is 45.2 Å². The van der Waals surface area contributed by atoms with E-state index in [9.17, 15) is 4.79 Å². The molecule has 4 rings (SSSR count). The molecule has 27 heavy (non-hydrogen) atoms. The van der Waals surface area contributed by atoms with Gasteiger partial charge in [0.05, 0.1) is 5.02 Å². The van der Waals surface area contributed by atoms with E-state index < -0.39 is 0 Å². The standard InChI is InChI=1S/C18H19Cl2N3OS.2ClH/c1-23(13-7-11-3-4-12(8-13)21-11)18(24)16-9-25-17(22-16)14-5-2-10(19)6-15(14)20;;/h2,5-6,9,11-13,21H,3-4,7-8H2,1H3;2*1H. The van der Waals surface area contributed by atoms with Crippen LogP contribution in [-0.2, 0) is 0 Å². The van der Waals surface area contributed by atoms with Gasteiger partial charge in [-0.15, -0.1) is 36.2 Å². The van der Waals surface area contributed by atoms with Crippen LogP contribution in [0.25, 0.3) is 10.6 Å². The normalized spacial score (nSPS) is 23.3. The molecule has 2 atom stereocenters. The molecule has 9 heteroatoms. The van der Waals surface area contributed by atoms with Crippen molar-refractivity contribution >= 4 is 65.3 Å². The Morgan fingerprint density at radius 1 is 1.22 bits per heavy atom. The third-order valence-electron chi connectivity index (χ3n) is 5.20. The van der Waals surface area contributed by atoms with Crippen LogP contribution in [0.2, 0.25) is 10.0 Å². The first-order valence-corrected chi connectivity index (χ1v) is 10.1. The molecular formula is C18H21Cl4N3OS. The molecule has 2 unspecified atom stereocenters. The average molecular weight is 469 g/mol. The number of hydrogen-bond donors (Lipinski definition) is 1. The second-order valence-electron chi connectivity index (χ2n) is 6.84. The minimum absolute atomic E-state index is 0. The van der Waals surface area contributed by atoms with Gasteiger partial charge in [-0.1, -0.05) is 23.2 Å². The SMILES string of the molecule is CN(C(=O)c1csc(-c2ccc(Cl)cc2Cl)n1)C1CC2CCC(C1)N2.Cl.Cl. The number of carbonyl (C=O) groups excluding carboxylic acids is 1. The highest BCUT2D eigenvalue weighted by Crippen LogP contribution is 2.33. The van der Waals surface area contributed by atoms with Crippen molar-refractivity contribution in [2.75, 3.05) is 7.05 Å². The predicted molar refractivity (Wildman–Crippen MR) is 117 cm³/mol. The van der Waals surface area contributed by atoms with E-state index in [4.69, 9.17) is 23.2 Å². The van der Waals surface area contributed by atoms with Gasteiger partial charge in [-0.3, -0.25) is 4.79 Å². The number of nitrogens with zero attached hydrogens (tertiary/aromatic N) is 2. The van der Waals surface area contributed by atoms with Gasteiger partial charge in [-0.05, 0) is 43.9 Å². The molecule has 1 aromatic heterocycles. The fraction of sp³-hybridized carbons (Fsp3) is 0.444. The Morgan fingerprint density at radius 2 is 1.89 bits per heavy atom. The van der Waals surface area contributed by atoms with Gasteiger partial charge < -0.3 is 10.2 Å². The monoisotopic (exact) mass is 467 g/mol. The van der Waals surface area contributed by atoms with E-state index in [2.05, 4.69) is 10.3 Å². The van der Waals surface area contributed by atoms with E-state index in [-0.39, 0.29) is 36.8 Å². The van der Waals surface area contributed by atoms with Crippen LogP contribution in [0.5, 0.6) is 0 Å². The summed E-state index contributed by atoms with van der Waals surface area (Å²) >= 11 is 13.6. The van der Waals surface area contributed by atoms with Crippen LogP contribution in [0.15, 0.2) is 23.6 Å². The fourth-order valence-corrected chi connectivity index (χ4v) is 5.24. The lowest BCUT2D eigenvalue weighted by Gasteiger charge is -2.35. The first-order valence-electron chi connectivity index (χ1n) is 8.45. The highest BCUT2D eigenvalue weighted by Gasteiger charge is 2.36. The number of amides is 1. The molecule has 2 bridgehead atoms. The zero-order valence-corrected chi connectivity index (χ0v) is 18.6. The molecule has 1 amide bonds. The minimum Gasteiger partial charge on any atom is -0.337 e. The number of benzene rings is 1. The number of fused-ring (bicyclic) bond motifs is 2. The molecule has 1 N–H and O–H groups in total. The molecule has 2 fully saturated rings. The van der Waals surface area contributed by atoms with Crippen LogP contribution in [0.4, 0.5) is 0 Å². The number of aromatic nitrogens is 1. The van der Waals surface area contributed by atoms with Crippen molar-refractivity contribution in [2.45, 2.75) is 43.8 Å². The second kappa shape index (κ2) is 9.29. The number of hydrogen-bond acceptors (Lipinski definition) is 4. The highest BCUT2D eigenvalue weighted by atomic mass is 35.5. The van der Waals surface area contributed by atoms with Crippen molar-refractivity contribution in [1.29, 1.82) is 0 Å². The number of carbonyl (C=O) groups is 1. The Kier molecular flexibility index (Phi) is 7.82. The maximum absolute atomic E-state index is 12.9. The van der Waals surface area contributed by atoms with Gasteiger partial charge >= 0.3 is 0 Å². The minimum atomic E-state index is -0.0149. The molecule has 148 valence electrons. The summed E-state index contributed by atoms with van der Waals surface area (Å²) in [5, 5.41) is 7.30. The quantitative estimate of drug-likeness (QED) is 0.663. The lowest BCUT2D eigenvalue weighted by atomic mass is 9.98. The summed E-state index contributed by atoms with van der Waals surface area (Å²) in [6, 6.07) is 6.71. The van der Waals surface area contributed by atoms with Crippen LogP contribution >= 0.6 is 59.4 Å². The lowest BCUT2D eigenvalue weighted by Crippen LogP contribution is -2.48. The molecule has 2 aromatic rings. The van der Waals surface area contributed by atoms with Crippen LogP contribution in [0.3, 0.4) is 0 Å². The third-order valence-corrected chi connectivity index (χ3v) is 6.62. The first-order chi connectivity index (χ1) is 12.0. The Bertz CT molecular complexity index is 804. The molecule has 3 heterocycles. The Balaban J connectivity index is 0.00000131. The van der Waals surface area contributed by atoms with Crippen LogP contribution in [0.1, 0.15) is 36.2 Å². The maximum Gasteiger partial charge on any atom is 0.273 e. The van der Waals surface area contributed by atoms with Gasteiger partial charge in [-0.2, -0.15) is 0 Å². The van der Waals surface area contributed by atoms with Crippen LogP contribution < -0.4 is 5.32 Å². The molecule has 0 saturated carbocycles. The number of halogens is 4. The Hall–Kier alpha value is -0.560. The molecule has 2 aliphatic rings. The highest BCUT2D eigenvalue weighted by molar-refractivity contribution is 7.13. The van der Waals surface area contributed by atoms with Crippen LogP contribution in [-0.4, -0.2) is 41.0 Å². The van der Waals surface area contributed by atoms with Gasteiger partial charge in [0.25, 0.3) is 5.91 Å². The first kappa shape index (κ1) is 22.7. The summed E-state index contributed by atoms with van der Waals surface area (Å²) in [6.45, 7) is 0. The van der Waals surface area contributed by atoms with E-state index in [1.54, 1.807) is 12.1 Å². The molecule has 1 aromatic carbocycles. The smallest absolute Gasteiger partial charge is 0.273 e. The van der Waals surface area contributed by atoms with Crippen molar-refractivity contribution in [3.05, 3.63) is 39.3 Å². The van der Waals surface area contributed by atoms with Gasteiger partial charge in [0, 0.05) is 41.1 Å². The van der Waals surface area contributed by atoms with Crippen molar-refractivity contribution in [3.63, 3.8) is 0 Å². The Morgan fingerprint density at radius 3 is 2.52 bits per heavy atom. The van der Waals surface area contributed by atoms with Gasteiger partial charge in [0.2, 0.25) is 0 Å². The van der Waals surface area contributed by atoms with E-state index in [0.717, 1.165) is 23.4 Å². The van der Waals surface area contributed by atoms with E-state index in [1.807, 2.05) is 23.4 Å². The summed E-state index contributed by atoms with van der Waals surface area (Å²) in [5.74, 6) is -0.0149. The lowest BCUT2D eigenvalue weighted by molar-refractivity contribution is 0.0676. The van der Waals surface area contributed by atoms with Crippen LogP contribution in [0, 0.1) is 0 Å². The average Bonchev–Trinajstić information content (AvgIpc) is 3.20. The summed E-state index contributed by atoms with van der Waals surface area (Å²) in [6.07, 6.45) is 4.50. The third kappa shape index (κ3) is 4.72. The molecule has 0 radical (unpaired) electrons. The van der Waals surface area contributed by atoms with E-state index in [1.165, 1.54) is 24.2 Å². The van der Waals surface area contributed by atoms with Gasteiger partial charge in [0.1, 0.15) is 10.7 Å². The van der Waals surface area contributed by atoms with Crippen molar-refractivity contribution in [1.82, 2.24) is 15.2 Å². The summed E-state index contributed by atoms with van der Waals surface area (Å²) in [5.41, 5.74) is 1.29. The van der Waals surface area contributed by atoms with Gasteiger partial charge in [0.15, 0.2) is 0 Å². The summed E-state index contributed by atoms with van der Waals surface area (Å²) < 4.78 is 0. The number of thiazole rings is 1. The maximum atomic E-state index is 12.9. The van der Waals surface area contributed by atoms with E-state index in [0.29, 0.717) is 27.8 Å². The van der Waals surface area contributed by atoms with Gasteiger partial charge in [-0.25, -0.2) is 4.98 Å².